The van der Waals surface area contributed by atoms with E-state index in [2.05, 4.69) is 11.9 Å². The molecule has 0 fully saturated rings. The lowest BCUT2D eigenvalue weighted by molar-refractivity contribution is -0.742. The van der Waals surface area contributed by atoms with E-state index in [4.69, 9.17) is 48.0 Å². The van der Waals surface area contributed by atoms with Crippen LogP contribution in [0, 0.1) is 10.1 Å². The highest BCUT2D eigenvalue weighted by molar-refractivity contribution is 6.35. The van der Waals surface area contributed by atoms with Crippen LogP contribution in [-0.4, -0.2) is 39.7 Å². The molecule has 1 heterocycles. The zero-order chi connectivity index (χ0) is 20.1. The minimum absolute atomic E-state index is 0.448. The third-order valence-corrected chi connectivity index (χ3v) is 3.66. The summed E-state index contributed by atoms with van der Waals surface area (Å²) in [6.07, 6.45) is 9.21. The van der Waals surface area contributed by atoms with Crippen LogP contribution in [0.15, 0.2) is 36.9 Å². The van der Waals surface area contributed by atoms with E-state index in [1.54, 1.807) is 29.2 Å². The molecular formula is C17H21Cl2N3O5. The van der Waals surface area contributed by atoms with Crippen molar-refractivity contribution in [3.63, 3.8) is 0 Å². The number of rotatable bonds is 9. The highest BCUT2D eigenvalue weighted by atomic mass is 35.5. The molecule has 0 bridgehead atoms. The monoisotopic (exact) mass is 417 g/mol. The quantitative estimate of drug-likeness (QED) is 0.276. The molecule has 2 rings (SSSR count). The summed E-state index contributed by atoms with van der Waals surface area (Å²) in [6, 6.07) is 5.32. The lowest BCUT2D eigenvalue weighted by atomic mass is 10.2. The molecule has 0 aliphatic carbocycles. The van der Waals surface area contributed by atoms with Crippen molar-refractivity contribution in [1.82, 2.24) is 9.55 Å². The molecule has 0 unspecified atom stereocenters. The number of aromatic nitrogens is 2. The lowest BCUT2D eigenvalue weighted by Gasteiger charge is -2.13. The van der Waals surface area contributed by atoms with Crippen LogP contribution >= 0.6 is 23.2 Å². The first kappa shape index (κ1) is 22.8. The summed E-state index contributed by atoms with van der Waals surface area (Å²) in [7, 11) is 0. The van der Waals surface area contributed by atoms with Gasteiger partial charge in [0.1, 0.15) is 12.4 Å². The van der Waals surface area contributed by atoms with Crippen LogP contribution in [0.1, 0.15) is 25.3 Å². The normalized spacial score (nSPS) is 10.9. The molecule has 1 aromatic heterocycles. The van der Waals surface area contributed by atoms with Crippen molar-refractivity contribution in [3.05, 3.63) is 62.6 Å². The van der Waals surface area contributed by atoms with Gasteiger partial charge < -0.3 is 19.2 Å². The predicted octanol–water partition coefficient (Wildman–Crippen LogP) is 4.63. The molecule has 0 saturated carbocycles. The van der Waals surface area contributed by atoms with E-state index >= 15 is 0 Å². The molecular weight excluding hydrogens is 397 g/mol. The largest absolute Gasteiger partial charge is 0.489 e. The highest BCUT2D eigenvalue weighted by Gasteiger charge is 2.09. The highest BCUT2D eigenvalue weighted by Crippen LogP contribution is 2.28. The maximum Gasteiger partial charge on any atom is 0.291 e. The van der Waals surface area contributed by atoms with Gasteiger partial charge in [0, 0.05) is 29.6 Å². The molecule has 2 aromatic rings. The fourth-order valence-electron chi connectivity index (χ4n) is 1.91. The molecule has 0 saturated heterocycles. The summed E-state index contributed by atoms with van der Waals surface area (Å²) < 4.78 is 13.2. The molecule has 10 heteroatoms. The standard InChI is InChI=1S/C17H20Cl2N2O2.HNO3/c1-2-3-8-22-9-10-23-17(12-21-7-6-20-13-21)15-5-4-14(18)11-16(15)19;2-1(3)4/h4-7,11-13H,2-3,8-10H2,1H3;(H,2,3,4)/b17-12+;. The Kier molecular flexibility index (Phi) is 10.9. The number of unbranched alkanes of at least 4 members (excludes halogenated alkanes) is 1. The van der Waals surface area contributed by atoms with Crippen molar-refractivity contribution >= 4 is 35.2 Å². The van der Waals surface area contributed by atoms with Crippen LogP contribution in [0.2, 0.25) is 10.0 Å². The second kappa shape index (κ2) is 13.0. The van der Waals surface area contributed by atoms with Gasteiger partial charge in [-0.05, 0) is 24.6 Å². The topological polar surface area (TPSA) is 99.7 Å². The summed E-state index contributed by atoms with van der Waals surface area (Å²) in [4.78, 5) is 12.4. The number of halogens is 2. The zero-order valence-electron chi connectivity index (χ0n) is 14.8. The Morgan fingerprint density at radius 1 is 1.37 bits per heavy atom. The van der Waals surface area contributed by atoms with Crippen molar-refractivity contribution in [2.24, 2.45) is 0 Å². The molecule has 0 atom stereocenters. The Morgan fingerprint density at radius 3 is 2.70 bits per heavy atom. The number of imidazole rings is 1. The van der Waals surface area contributed by atoms with E-state index in [1.165, 1.54) is 0 Å². The summed E-state index contributed by atoms with van der Waals surface area (Å²) in [5.74, 6) is 0.642. The van der Waals surface area contributed by atoms with E-state index < -0.39 is 5.09 Å². The van der Waals surface area contributed by atoms with Crippen LogP contribution < -0.4 is 0 Å². The molecule has 0 amide bonds. The second-order valence-corrected chi connectivity index (χ2v) is 6.02. The summed E-state index contributed by atoms with van der Waals surface area (Å²) in [5, 5.41) is 14.8. The molecule has 0 spiro atoms. The average molecular weight is 418 g/mol. The zero-order valence-corrected chi connectivity index (χ0v) is 16.3. The minimum atomic E-state index is -1.50. The maximum atomic E-state index is 8.36. The van der Waals surface area contributed by atoms with Crippen LogP contribution in [-0.2, 0) is 9.47 Å². The van der Waals surface area contributed by atoms with E-state index in [9.17, 15) is 0 Å². The first-order chi connectivity index (χ1) is 12.9. The van der Waals surface area contributed by atoms with E-state index in [1.807, 2.05) is 18.5 Å². The van der Waals surface area contributed by atoms with Gasteiger partial charge in [0.05, 0.1) is 24.2 Å². The SMILES string of the molecule is CCCCOCCO/C(=C/n1ccnc1)c1ccc(Cl)cc1Cl.O=[N+]([O-])O. The van der Waals surface area contributed by atoms with E-state index in [-0.39, 0.29) is 0 Å². The average Bonchev–Trinajstić information content (AvgIpc) is 3.10. The summed E-state index contributed by atoms with van der Waals surface area (Å²) in [5.41, 5.74) is 0.776. The minimum Gasteiger partial charge on any atom is -0.489 e. The number of nitrogens with zero attached hydrogens (tertiary/aromatic N) is 3. The molecule has 1 aromatic carbocycles. The van der Waals surface area contributed by atoms with Crippen molar-refractivity contribution in [1.29, 1.82) is 0 Å². The fraction of sp³-hybridized carbons (Fsp3) is 0.353. The first-order valence-corrected chi connectivity index (χ1v) is 8.88. The van der Waals surface area contributed by atoms with Crippen molar-refractivity contribution < 1.29 is 19.8 Å². The van der Waals surface area contributed by atoms with Gasteiger partial charge in [-0.15, -0.1) is 10.1 Å². The van der Waals surface area contributed by atoms with Gasteiger partial charge in [0.25, 0.3) is 5.09 Å². The Bertz CT molecular complexity index is 719. The van der Waals surface area contributed by atoms with Crippen molar-refractivity contribution in [3.8, 4) is 0 Å². The summed E-state index contributed by atoms with van der Waals surface area (Å²) >= 11 is 12.2. The third kappa shape index (κ3) is 9.83. The molecule has 0 aliphatic heterocycles. The Balaban J connectivity index is 0.000000828. The van der Waals surface area contributed by atoms with Crippen LogP contribution in [0.25, 0.3) is 12.0 Å². The Hall–Kier alpha value is -2.29. The van der Waals surface area contributed by atoms with Gasteiger partial charge in [0.15, 0.2) is 0 Å². The van der Waals surface area contributed by atoms with Crippen molar-refractivity contribution in [2.45, 2.75) is 19.8 Å². The molecule has 1 N–H and O–H groups in total. The third-order valence-electron chi connectivity index (χ3n) is 3.12. The smallest absolute Gasteiger partial charge is 0.291 e. The fourth-order valence-corrected chi connectivity index (χ4v) is 2.42. The van der Waals surface area contributed by atoms with Gasteiger partial charge in [-0.1, -0.05) is 36.5 Å². The van der Waals surface area contributed by atoms with Gasteiger partial charge in [-0.3, -0.25) is 0 Å². The van der Waals surface area contributed by atoms with Crippen LogP contribution in [0.4, 0.5) is 0 Å². The van der Waals surface area contributed by atoms with Gasteiger partial charge in [-0.25, -0.2) is 4.98 Å². The molecule has 0 aliphatic rings. The Morgan fingerprint density at radius 2 is 2.11 bits per heavy atom. The number of hydrogen-bond donors (Lipinski definition) is 1. The van der Waals surface area contributed by atoms with E-state index in [0.29, 0.717) is 29.0 Å². The number of hydrogen-bond acceptors (Lipinski definition) is 5. The van der Waals surface area contributed by atoms with Gasteiger partial charge in [-0.2, -0.15) is 0 Å². The Labute approximate surface area is 167 Å². The van der Waals surface area contributed by atoms with E-state index in [0.717, 1.165) is 25.0 Å². The van der Waals surface area contributed by atoms with Gasteiger partial charge in [0.2, 0.25) is 0 Å². The number of benzene rings is 1. The first-order valence-electron chi connectivity index (χ1n) is 8.12. The van der Waals surface area contributed by atoms with Crippen LogP contribution in [0.5, 0.6) is 0 Å². The molecule has 8 nitrogen and oxygen atoms in total. The summed E-state index contributed by atoms with van der Waals surface area (Å²) in [6.45, 7) is 3.87. The number of ether oxygens (including phenoxy) is 2. The predicted molar refractivity (Wildman–Crippen MR) is 103 cm³/mol. The molecule has 0 radical (unpaired) electrons. The maximum absolute atomic E-state index is 8.36. The second-order valence-electron chi connectivity index (χ2n) is 5.18. The lowest BCUT2D eigenvalue weighted by Crippen LogP contribution is -2.05. The van der Waals surface area contributed by atoms with Crippen molar-refractivity contribution in [2.75, 3.05) is 19.8 Å². The molecule has 148 valence electrons. The molecule has 27 heavy (non-hydrogen) atoms. The van der Waals surface area contributed by atoms with Gasteiger partial charge >= 0.3 is 0 Å². The van der Waals surface area contributed by atoms with Crippen LogP contribution in [0.3, 0.4) is 0 Å².